The Morgan fingerprint density at radius 1 is 0.590 bits per heavy atom. The molecular weight excluding hydrogens is 770 g/mol. The number of fused-ring (bicyclic) bond motifs is 4. The van der Waals surface area contributed by atoms with Gasteiger partial charge in [-0.05, 0) is 74.2 Å². The molecule has 0 saturated heterocycles. The van der Waals surface area contributed by atoms with Crippen LogP contribution in [0.5, 0.6) is 0 Å². The second-order valence-electron chi connectivity index (χ2n) is 9.65. The number of benzene rings is 4. The van der Waals surface area contributed by atoms with E-state index in [9.17, 15) is 21.6 Å². The SMILES string of the molecule is Cc1cc(C)c2c(c1)C(=O)c1ccccc1S2(=O)=O.Cc1cc(C)c2c(c1)Cc1ccccc1S2(=O)=O.[Hg].[Zn]. The first-order valence-electron chi connectivity index (χ1n) is 11.9. The Morgan fingerprint density at radius 2 is 1.10 bits per heavy atom. The van der Waals surface area contributed by atoms with Gasteiger partial charge in [0.25, 0.3) is 0 Å². The van der Waals surface area contributed by atoms with E-state index >= 15 is 0 Å². The van der Waals surface area contributed by atoms with E-state index in [4.69, 9.17) is 0 Å². The number of hydrogen-bond donors (Lipinski definition) is 0. The van der Waals surface area contributed by atoms with Crippen LogP contribution >= 0.6 is 0 Å². The molecule has 4 aromatic carbocycles. The fraction of sp³-hybridized carbons (Fsp3) is 0.167. The van der Waals surface area contributed by atoms with Crippen LogP contribution in [0.25, 0.3) is 0 Å². The smallest absolute Gasteiger partial charge is 0.208 e. The summed E-state index contributed by atoms with van der Waals surface area (Å²) in [6.07, 6.45) is 0.702. The largest absolute Gasteiger partial charge is 0.289 e. The third kappa shape index (κ3) is 5.38. The van der Waals surface area contributed by atoms with E-state index < -0.39 is 19.7 Å². The quantitative estimate of drug-likeness (QED) is 0.184. The minimum Gasteiger partial charge on any atom is -0.289 e. The van der Waals surface area contributed by atoms with Gasteiger partial charge in [-0.1, -0.05) is 59.7 Å². The average Bonchev–Trinajstić information content (AvgIpc) is 2.82. The summed E-state index contributed by atoms with van der Waals surface area (Å²) < 4.78 is 50.5. The van der Waals surface area contributed by atoms with E-state index in [-0.39, 0.29) is 73.8 Å². The van der Waals surface area contributed by atoms with E-state index in [1.165, 1.54) is 6.07 Å². The number of aryl methyl sites for hydroxylation is 4. The molecule has 6 rings (SSSR count). The Bertz CT molecular complexity index is 1850. The number of rotatable bonds is 0. The normalized spacial score (nSPS) is 15.0. The van der Waals surface area contributed by atoms with Crippen LogP contribution in [-0.4, -0.2) is 22.6 Å². The number of ketones is 1. The van der Waals surface area contributed by atoms with Crippen LogP contribution in [0.15, 0.2) is 92.4 Å². The minimum atomic E-state index is -3.60. The molecule has 39 heavy (non-hydrogen) atoms. The zero-order valence-corrected chi connectivity index (χ0v) is 32.5. The molecule has 0 radical (unpaired) electrons. The van der Waals surface area contributed by atoms with Gasteiger partial charge in [-0.3, -0.25) is 4.79 Å². The maximum Gasteiger partial charge on any atom is 0.208 e. The standard InChI is InChI=1S/C15H12O3S.C15H14O2S.Hg.Zn/c1-9-7-10(2)15-12(8-9)14(16)11-5-3-4-6-13(11)19(15,17)18;1-10-7-11(2)15-13(8-10)9-12-5-3-4-6-14(12)18(15,16)17;;/h3-8H,1-2H3;3-8H,9H2,1-2H3;;. The fourth-order valence-electron chi connectivity index (χ4n) is 5.41. The maximum absolute atomic E-state index is 12.6. The predicted octanol–water partition coefficient (Wildman–Crippen LogP) is 5.72. The number of carbonyl (C=O) groups excluding carboxylic acids is 1. The van der Waals surface area contributed by atoms with Gasteiger partial charge in [0, 0.05) is 64.7 Å². The van der Waals surface area contributed by atoms with Gasteiger partial charge >= 0.3 is 0 Å². The van der Waals surface area contributed by atoms with Crippen LogP contribution in [0.3, 0.4) is 0 Å². The summed E-state index contributed by atoms with van der Waals surface area (Å²) in [6, 6.07) is 21.0. The monoisotopic (exact) mass is 796 g/mol. The van der Waals surface area contributed by atoms with Crippen LogP contribution in [-0.2, 0) is 73.2 Å². The fourth-order valence-corrected chi connectivity index (χ4v) is 9.18. The van der Waals surface area contributed by atoms with Crippen molar-refractivity contribution in [3.05, 3.63) is 117 Å². The van der Waals surface area contributed by atoms with E-state index in [2.05, 4.69) is 0 Å². The predicted molar refractivity (Wildman–Crippen MR) is 142 cm³/mol. The van der Waals surface area contributed by atoms with Gasteiger partial charge in [-0.25, -0.2) is 16.8 Å². The summed E-state index contributed by atoms with van der Waals surface area (Å²) in [5.74, 6) is -0.216. The molecule has 0 spiro atoms. The molecule has 0 unspecified atom stereocenters. The molecule has 0 bridgehead atoms. The number of hydrogen-bond acceptors (Lipinski definition) is 5. The molecule has 0 aliphatic carbocycles. The van der Waals surface area contributed by atoms with Gasteiger partial charge in [-0.2, -0.15) is 0 Å². The van der Waals surface area contributed by atoms with Crippen LogP contribution in [0, 0.1) is 27.7 Å². The summed E-state index contributed by atoms with van der Waals surface area (Å²) in [6.45, 7) is 7.45. The van der Waals surface area contributed by atoms with E-state index in [1.54, 1.807) is 49.4 Å². The molecule has 0 atom stereocenters. The Balaban J connectivity index is 0.000000205. The van der Waals surface area contributed by atoms with Crippen molar-refractivity contribution in [3.8, 4) is 0 Å². The van der Waals surface area contributed by atoms with Crippen LogP contribution in [0.2, 0.25) is 0 Å². The summed E-state index contributed by atoms with van der Waals surface area (Å²) >= 11 is 0. The first-order valence-corrected chi connectivity index (χ1v) is 14.8. The molecule has 0 fully saturated rings. The van der Waals surface area contributed by atoms with Crippen molar-refractivity contribution in [2.45, 2.75) is 53.7 Å². The summed E-state index contributed by atoms with van der Waals surface area (Å²) in [7, 11) is -6.95. The molecule has 4 aromatic rings. The van der Waals surface area contributed by atoms with Crippen molar-refractivity contribution in [2.75, 3.05) is 0 Å². The molecule has 0 aromatic heterocycles. The molecule has 2 aliphatic rings. The van der Waals surface area contributed by atoms with E-state index in [0.717, 1.165) is 27.8 Å². The zero-order chi connectivity index (χ0) is 26.7. The first kappa shape index (κ1) is 31.5. The molecule has 2 heterocycles. The Labute approximate surface area is 263 Å². The summed E-state index contributed by atoms with van der Waals surface area (Å²) in [4.78, 5) is 13.7. The van der Waals surface area contributed by atoms with Crippen molar-refractivity contribution in [2.24, 2.45) is 0 Å². The van der Waals surface area contributed by atoms with Crippen molar-refractivity contribution in [1.82, 2.24) is 0 Å². The molecule has 0 amide bonds. The van der Waals surface area contributed by atoms with Crippen LogP contribution in [0.4, 0.5) is 0 Å². The third-order valence-corrected chi connectivity index (χ3v) is 10.9. The van der Waals surface area contributed by atoms with Gasteiger partial charge in [0.1, 0.15) is 0 Å². The maximum atomic E-state index is 12.6. The number of carbonyl (C=O) groups is 1. The van der Waals surface area contributed by atoms with Gasteiger partial charge in [0.15, 0.2) is 5.78 Å². The van der Waals surface area contributed by atoms with Crippen LogP contribution in [0.1, 0.15) is 49.3 Å². The molecule has 0 N–H and O–H groups in total. The van der Waals surface area contributed by atoms with Gasteiger partial charge < -0.3 is 0 Å². The average molecular weight is 797 g/mol. The summed E-state index contributed by atoms with van der Waals surface area (Å²) in [5, 5.41) is 0. The van der Waals surface area contributed by atoms with Crippen molar-refractivity contribution >= 4 is 25.5 Å². The second-order valence-corrected chi connectivity index (χ2v) is 13.4. The first-order chi connectivity index (χ1) is 17.4. The van der Waals surface area contributed by atoms with E-state index in [0.29, 0.717) is 21.8 Å². The molecule has 0 saturated carbocycles. The Hall–Kier alpha value is -1.99. The van der Waals surface area contributed by atoms with Gasteiger partial charge in [0.05, 0.1) is 19.6 Å². The molecule has 2 aliphatic heterocycles. The van der Waals surface area contributed by atoms with E-state index in [1.807, 2.05) is 45.0 Å². The Kier molecular flexibility index (Phi) is 9.28. The zero-order valence-electron chi connectivity index (χ0n) is 22.4. The molecule has 192 valence electrons. The molecule has 5 nitrogen and oxygen atoms in total. The molecule has 9 heteroatoms. The third-order valence-electron chi connectivity index (χ3n) is 6.76. The van der Waals surface area contributed by atoms with Gasteiger partial charge in [0.2, 0.25) is 19.7 Å². The second kappa shape index (κ2) is 11.5. The molecular formula is C30H26HgO5S2Zn. The van der Waals surface area contributed by atoms with Crippen LogP contribution < -0.4 is 0 Å². The summed E-state index contributed by atoms with van der Waals surface area (Å²) in [5.41, 5.74) is 5.84. The number of sulfone groups is 2. The van der Waals surface area contributed by atoms with Crippen molar-refractivity contribution < 1.29 is 68.8 Å². The topological polar surface area (TPSA) is 85.3 Å². The van der Waals surface area contributed by atoms with Crippen molar-refractivity contribution in [1.29, 1.82) is 0 Å². The minimum absolute atomic E-state index is 0. The van der Waals surface area contributed by atoms with Crippen molar-refractivity contribution in [3.63, 3.8) is 0 Å². The van der Waals surface area contributed by atoms with Gasteiger partial charge in [-0.15, -0.1) is 0 Å². The Morgan fingerprint density at radius 3 is 1.77 bits per heavy atom.